The fourth-order valence-corrected chi connectivity index (χ4v) is 4.00. The van der Waals surface area contributed by atoms with Crippen LogP contribution in [0, 0.1) is 0 Å². The second-order valence-corrected chi connectivity index (χ2v) is 7.56. The molecule has 3 nitrogen and oxygen atoms in total. The monoisotopic (exact) mass is 342 g/mol. The van der Waals surface area contributed by atoms with Gasteiger partial charge in [-0.3, -0.25) is 4.79 Å². The summed E-state index contributed by atoms with van der Waals surface area (Å²) < 4.78 is 0. The summed E-state index contributed by atoms with van der Waals surface area (Å²) in [6, 6.07) is 14.9. The van der Waals surface area contributed by atoms with Gasteiger partial charge in [-0.1, -0.05) is 55.7 Å². The molecule has 1 aliphatic carbocycles. The van der Waals surface area contributed by atoms with E-state index in [2.05, 4.69) is 28.9 Å². The molecule has 0 radical (unpaired) electrons. The number of carbonyl (C=O) groups excluding carboxylic acids is 1. The first-order chi connectivity index (χ1) is 11.8. The molecule has 128 valence electrons. The molecule has 24 heavy (non-hydrogen) atoms. The molecular weight excluding hydrogens is 316 g/mol. The van der Waals surface area contributed by atoms with Crippen molar-refractivity contribution in [2.75, 3.05) is 6.54 Å². The van der Waals surface area contributed by atoms with Gasteiger partial charge in [0.1, 0.15) is 0 Å². The number of benzene rings is 1. The summed E-state index contributed by atoms with van der Waals surface area (Å²) in [5.74, 6) is 0.192. The average molecular weight is 343 g/mol. The molecule has 0 bridgehead atoms. The van der Waals surface area contributed by atoms with E-state index in [0.29, 0.717) is 25.7 Å². The van der Waals surface area contributed by atoms with Gasteiger partial charge in [0.15, 0.2) is 0 Å². The highest BCUT2D eigenvalue weighted by atomic mass is 32.1. The molecule has 1 heterocycles. The standard InChI is InChI=1S/C20H26N2OS/c23-20(14-21-18-10-5-2-6-11-18)22(16-19-12-7-13-24-19)15-17-8-3-1-4-9-17/h1,3-4,7-9,12-13,18,21H,2,5-6,10-11,14-16H2. The van der Waals surface area contributed by atoms with Crippen molar-refractivity contribution in [2.24, 2.45) is 0 Å². The fraction of sp³-hybridized carbons (Fsp3) is 0.450. The van der Waals surface area contributed by atoms with Gasteiger partial charge in [-0.05, 0) is 29.9 Å². The molecule has 1 aromatic heterocycles. The molecule has 1 N–H and O–H groups in total. The van der Waals surface area contributed by atoms with Crippen LogP contribution in [0.15, 0.2) is 47.8 Å². The SMILES string of the molecule is O=C(CNC1CCCCC1)N(Cc1ccccc1)Cc1cccs1. The Labute approximate surface area is 148 Å². The number of thiophene rings is 1. The van der Waals surface area contributed by atoms with Crippen LogP contribution in [-0.2, 0) is 17.9 Å². The highest BCUT2D eigenvalue weighted by Crippen LogP contribution is 2.18. The first kappa shape index (κ1) is 17.2. The van der Waals surface area contributed by atoms with Crippen LogP contribution in [0.2, 0.25) is 0 Å². The normalized spacial score (nSPS) is 15.3. The number of nitrogens with zero attached hydrogens (tertiary/aromatic N) is 1. The van der Waals surface area contributed by atoms with Crippen LogP contribution in [0.25, 0.3) is 0 Å². The fourth-order valence-electron chi connectivity index (χ4n) is 3.28. The lowest BCUT2D eigenvalue weighted by molar-refractivity contribution is -0.131. The Morgan fingerprint density at radius 1 is 1.04 bits per heavy atom. The van der Waals surface area contributed by atoms with Crippen molar-refractivity contribution < 1.29 is 4.79 Å². The Bertz CT molecular complexity index is 606. The lowest BCUT2D eigenvalue weighted by Crippen LogP contribution is -2.41. The zero-order valence-corrected chi connectivity index (χ0v) is 14.9. The first-order valence-corrected chi connectivity index (χ1v) is 9.77. The number of carbonyl (C=O) groups is 1. The number of hydrogen-bond donors (Lipinski definition) is 1. The van der Waals surface area contributed by atoms with Gasteiger partial charge in [-0.15, -0.1) is 11.3 Å². The van der Waals surface area contributed by atoms with Gasteiger partial charge in [0.25, 0.3) is 0 Å². The summed E-state index contributed by atoms with van der Waals surface area (Å²) >= 11 is 1.71. The summed E-state index contributed by atoms with van der Waals surface area (Å²) in [5, 5.41) is 5.55. The molecular formula is C20H26N2OS. The maximum atomic E-state index is 12.8. The van der Waals surface area contributed by atoms with Crippen molar-refractivity contribution in [3.05, 3.63) is 58.3 Å². The molecule has 0 saturated heterocycles. The molecule has 1 aliphatic rings. The number of rotatable bonds is 7. The Balaban J connectivity index is 1.60. The van der Waals surface area contributed by atoms with Gasteiger partial charge in [-0.25, -0.2) is 0 Å². The zero-order valence-electron chi connectivity index (χ0n) is 14.1. The van der Waals surface area contributed by atoms with Gasteiger partial charge in [0.05, 0.1) is 13.1 Å². The van der Waals surface area contributed by atoms with Gasteiger partial charge in [-0.2, -0.15) is 0 Å². The average Bonchev–Trinajstić information content (AvgIpc) is 3.14. The minimum atomic E-state index is 0.192. The van der Waals surface area contributed by atoms with Crippen molar-refractivity contribution in [1.29, 1.82) is 0 Å². The largest absolute Gasteiger partial charge is 0.332 e. The summed E-state index contributed by atoms with van der Waals surface area (Å²) in [4.78, 5) is 16.0. The van der Waals surface area contributed by atoms with E-state index in [-0.39, 0.29) is 5.91 Å². The molecule has 0 aliphatic heterocycles. The molecule has 1 aromatic carbocycles. The summed E-state index contributed by atoms with van der Waals surface area (Å²) in [6.07, 6.45) is 6.32. The van der Waals surface area contributed by atoms with Crippen LogP contribution < -0.4 is 5.32 Å². The lowest BCUT2D eigenvalue weighted by atomic mass is 9.95. The predicted octanol–water partition coefficient (Wildman–Crippen LogP) is 4.20. The lowest BCUT2D eigenvalue weighted by Gasteiger charge is -2.26. The minimum absolute atomic E-state index is 0.192. The quantitative estimate of drug-likeness (QED) is 0.818. The minimum Gasteiger partial charge on any atom is -0.332 e. The smallest absolute Gasteiger partial charge is 0.237 e. The van der Waals surface area contributed by atoms with E-state index in [1.54, 1.807) is 11.3 Å². The third kappa shape index (κ3) is 5.18. The summed E-state index contributed by atoms with van der Waals surface area (Å²) in [6.45, 7) is 1.81. The predicted molar refractivity (Wildman–Crippen MR) is 99.9 cm³/mol. The molecule has 2 aromatic rings. The third-order valence-corrected chi connectivity index (χ3v) is 5.50. The van der Waals surface area contributed by atoms with E-state index in [9.17, 15) is 4.79 Å². The van der Waals surface area contributed by atoms with E-state index < -0.39 is 0 Å². The van der Waals surface area contributed by atoms with Gasteiger partial charge >= 0.3 is 0 Å². The van der Waals surface area contributed by atoms with Crippen molar-refractivity contribution in [1.82, 2.24) is 10.2 Å². The summed E-state index contributed by atoms with van der Waals surface area (Å²) in [7, 11) is 0. The van der Waals surface area contributed by atoms with Gasteiger partial charge in [0, 0.05) is 17.5 Å². The molecule has 1 saturated carbocycles. The van der Waals surface area contributed by atoms with Crippen LogP contribution in [0.4, 0.5) is 0 Å². The molecule has 0 unspecified atom stereocenters. The van der Waals surface area contributed by atoms with E-state index in [1.807, 2.05) is 29.2 Å². The van der Waals surface area contributed by atoms with E-state index in [4.69, 9.17) is 0 Å². The van der Waals surface area contributed by atoms with Crippen LogP contribution in [0.3, 0.4) is 0 Å². The molecule has 3 rings (SSSR count). The first-order valence-electron chi connectivity index (χ1n) is 8.89. The second-order valence-electron chi connectivity index (χ2n) is 6.53. The van der Waals surface area contributed by atoms with Crippen LogP contribution in [-0.4, -0.2) is 23.4 Å². The Morgan fingerprint density at radius 3 is 2.54 bits per heavy atom. The number of amides is 1. The maximum Gasteiger partial charge on any atom is 0.237 e. The third-order valence-electron chi connectivity index (χ3n) is 4.64. The Kier molecular flexibility index (Phi) is 6.44. The van der Waals surface area contributed by atoms with Crippen LogP contribution in [0.5, 0.6) is 0 Å². The molecule has 0 spiro atoms. The van der Waals surface area contributed by atoms with Gasteiger partial charge < -0.3 is 10.2 Å². The van der Waals surface area contributed by atoms with E-state index >= 15 is 0 Å². The molecule has 4 heteroatoms. The number of hydrogen-bond acceptors (Lipinski definition) is 3. The maximum absolute atomic E-state index is 12.8. The Hall–Kier alpha value is -1.65. The molecule has 1 fully saturated rings. The zero-order chi connectivity index (χ0) is 16.6. The van der Waals surface area contributed by atoms with E-state index in [0.717, 1.165) is 0 Å². The topological polar surface area (TPSA) is 32.3 Å². The molecule has 1 amide bonds. The van der Waals surface area contributed by atoms with Crippen molar-refractivity contribution in [2.45, 2.75) is 51.2 Å². The van der Waals surface area contributed by atoms with Gasteiger partial charge in [0.2, 0.25) is 5.91 Å². The molecule has 0 atom stereocenters. The highest BCUT2D eigenvalue weighted by Gasteiger charge is 2.18. The Morgan fingerprint density at radius 2 is 1.83 bits per heavy atom. The van der Waals surface area contributed by atoms with Crippen LogP contribution in [0.1, 0.15) is 42.5 Å². The number of nitrogens with one attached hydrogen (secondary N) is 1. The van der Waals surface area contributed by atoms with Crippen LogP contribution >= 0.6 is 11.3 Å². The highest BCUT2D eigenvalue weighted by molar-refractivity contribution is 7.09. The van der Waals surface area contributed by atoms with Crippen molar-refractivity contribution in [3.63, 3.8) is 0 Å². The van der Waals surface area contributed by atoms with Crippen molar-refractivity contribution in [3.8, 4) is 0 Å². The summed E-state index contributed by atoms with van der Waals surface area (Å²) in [5.41, 5.74) is 1.18. The second kappa shape index (κ2) is 9.00. The van der Waals surface area contributed by atoms with E-state index in [1.165, 1.54) is 42.5 Å². The van der Waals surface area contributed by atoms with Crippen molar-refractivity contribution >= 4 is 17.2 Å².